The van der Waals surface area contributed by atoms with Gasteiger partial charge in [0.05, 0.1) is 36.6 Å². The number of aromatic nitrogens is 2. The number of methoxy groups -OCH3 is 2. The maximum Gasteiger partial charge on any atom is 0.232 e. The molecule has 0 spiro atoms. The largest absolute Gasteiger partial charge is 0.605 e. The zero-order valence-corrected chi connectivity index (χ0v) is 18.3. The van der Waals surface area contributed by atoms with Crippen molar-refractivity contribution in [3.63, 3.8) is 0 Å². The number of hydrogen-bond acceptors (Lipinski definition) is 5. The predicted molar refractivity (Wildman–Crippen MR) is 120 cm³/mol. The molecule has 1 atom stereocenters. The van der Waals surface area contributed by atoms with Crippen molar-refractivity contribution in [3.05, 3.63) is 65.8 Å². The van der Waals surface area contributed by atoms with Gasteiger partial charge in [0, 0.05) is 41.4 Å². The van der Waals surface area contributed by atoms with Gasteiger partial charge in [-0.3, -0.25) is 0 Å². The van der Waals surface area contributed by atoms with E-state index in [0.717, 1.165) is 28.0 Å². The van der Waals surface area contributed by atoms with Crippen LogP contribution in [0.2, 0.25) is 5.02 Å². The molecule has 0 bridgehead atoms. The number of pyridine rings is 1. The summed E-state index contributed by atoms with van der Waals surface area (Å²) >= 11 is 5.11. The fraction of sp³-hybridized carbons (Fsp3) is 0.136. The van der Waals surface area contributed by atoms with Gasteiger partial charge in [-0.05, 0) is 42.5 Å². The second-order valence-corrected chi connectivity index (χ2v) is 8.39. The first-order chi connectivity index (χ1) is 14.5. The molecule has 0 fully saturated rings. The van der Waals surface area contributed by atoms with Gasteiger partial charge in [0.2, 0.25) is 10.9 Å². The molecule has 0 aliphatic rings. The lowest BCUT2D eigenvalue weighted by molar-refractivity contribution is 0.398. The molecule has 0 aliphatic heterocycles. The molecule has 0 saturated carbocycles. The summed E-state index contributed by atoms with van der Waals surface area (Å²) in [4.78, 5) is 4.91. The zero-order valence-electron chi connectivity index (χ0n) is 16.7. The van der Waals surface area contributed by atoms with Crippen LogP contribution in [0.5, 0.6) is 11.6 Å². The SMILES string of the molecule is COc1ccc([S+]([O-])c2cc3c(Nc4ccc(OC)nc4)ccc(Cl)c3n2C)cc1. The summed E-state index contributed by atoms with van der Waals surface area (Å²) < 4.78 is 25.4. The molecule has 4 aromatic rings. The van der Waals surface area contributed by atoms with Gasteiger partial charge in [-0.25, -0.2) is 4.98 Å². The van der Waals surface area contributed by atoms with Crippen LogP contribution in [0.15, 0.2) is 70.7 Å². The van der Waals surface area contributed by atoms with E-state index in [1.165, 1.54) is 0 Å². The Hall–Kier alpha value is -2.87. The summed E-state index contributed by atoms with van der Waals surface area (Å²) in [6.07, 6.45) is 1.69. The lowest BCUT2D eigenvalue weighted by atomic mass is 10.2. The number of nitrogens with zero attached hydrogens (tertiary/aromatic N) is 2. The quantitative estimate of drug-likeness (QED) is 0.419. The normalized spacial score (nSPS) is 12.0. The molecule has 2 aromatic carbocycles. The number of hydrogen-bond donors (Lipinski definition) is 1. The molecular formula is C22H20ClN3O3S. The van der Waals surface area contributed by atoms with Gasteiger partial charge < -0.3 is 23.9 Å². The topological polar surface area (TPSA) is 71.4 Å². The minimum Gasteiger partial charge on any atom is -0.605 e. The molecule has 0 radical (unpaired) electrons. The molecule has 30 heavy (non-hydrogen) atoms. The van der Waals surface area contributed by atoms with Crippen LogP contribution >= 0.6 is 11.6 Å². The minimum atomic E-state index is -1.38. The number of benzene rings is 2. The molecule has 0 amide bonds. The Morgan fingerprint density at radius 3 is 2.43 bits per heavy atom. The lowest BCUT2D eigenvalue weighted by Crippen LogP contribution is -2.07. The van der Waals surface area contributed by atoms with E-state index in [1.807, 2.05) is 35.9 Å². The molecule has 2 heterocycles. The fourth-order valence-electron chi connectivity index (χ4n) is 3.24. The summed E-state index contributed by atoms with van der Waals surface area (Å²) in [5, 5.41) is 5.47. The highest BCUT2D eigenvalue weighted by Gasteiger charge is 2.23. The Bertz CT molecular complexity index is 1180. The molecule has 4 rings (SSSR count). The van der Waals surface area contributed by atoms with Crippen molar-refractivity contribution >= 4 is 45.1 Å². The van der Waals surface area contributed by atoms with Crippen LogP contribution in [0.4, 0.5) is 11.4 Å². The third-order valence-corrected chi connectivity index (χ3v) is 6.57. The molecule has 2 aromatic heterocycles. The van der Waals surface area contributed by atoms with Gasteiger partial charge in [0.15, 0.2) is 4.90 Å². The van der Waals surface area contributed by atoms with E-state index in [0.29, 0.717) is 20.8 Å². The van der Waals surface area contributed by atoms with E-state index in [4.69, 9.17) is 21.1 Å². The Morgan fingerprint density at radius 1 is 1.03 bits per heavy atom. The second kappa shape index (κ2) is 8.47. The highest BCUT2D eigenvalue weighted by atomic mass is 35.5. The van der Waals surface area contributed by atoms with Crippen LogP contribution in [-0.4, -0.2) is 28.3 Å². The Kier molecular flexibility index (Phi) is 5.76. The number of ether oxygens (including phenoxy) is 2. The maximum absolute atomic E-state index is 13.2. The Balaban J connectivity index is 1.74. The first-order valence-electron chi connectivity index (χ1n) is 9.12. The summed E-state index contributed by atoms with van der Waals surface area (Å²) in [5.74, 6) is 1.26. The average molecular weight is 442 g/mol. The summed E-state index contributed by atoms with van der Waals surface area (Å²) in [6.45, 7) is 0. The monoisotopic (exact) mass is 441 g/mol. The predicted octanol–water partition coefficient (Wildman–Crippen LogP) is 5.15. The molecule has 6 nitrogen and oxygen atoms in total. The van der Waals surface area contributed by atoms with Crippen molar-refractivity contribution < 1.29 is 14.0 Å². The third-order valence-electron chi connectivity index (χ3n) is 4.79. The van der Waals surface area contributed by atoms with E-state index in [1.54, 1.807) is 50.7 Å². The standard InChI is InChI=1S/C22H20ClN3O3S/c1-26-21(30(27)16-7-5-15(28-2)6-8-16)12-17-19(10-9-18(23)22(17)26)25-14-4-11-20(29-3)24-13-14/h4-13,25H,1-3H3. The van der Waals surface area contributed by atoms with E-state index in [-0.39, 0.29) is 0 Å². The number of rotatable bonds is 6. The molecule has 1 unspecified atom stereocenters. The lowest BCUT2D eigenvalue weighted by Gasteiger charge is -2.11. The van der Waals surface area contributed by atoms with Crippen molar-refractivity contribution in [2.75, 3.05) is 19.5 Å². The van der Waals surface area contributed by atoms with Gasteiger partial charge in [-0.1, -0.05) is 11.6 Å². The van der Waals surface area contributed by atoms with Gasteiger partial charge in [-0.2, -0.15) is 0 Å². The Labute approximate surface area is 182 Å². The van der Waals surface area contributed by atoms with E-state index < -0.39 is 11.2 Å². The molecule has 0 aliphatic carbocycles. The minimum absolute atomic E-state index is 0.540. The van der Waals surface area contributed by atoms with Crippen LogP contribution in [0.25, 0.3) is 10.9 Å². The fourth-order valence-corrected chi connectivity index (χ4v) is 4.72. The number of anilines is 2. The maximum atomic E-state index is 13.2. The molecule has 8 heteroatoms. The van der Waals surface area contributed by atoms with Crippen molar-refractivity contribution in [2.45, 2.75) is 9.92 Å². The van der Waals surface area contributed by atoms with Crippen molar-refractivity contribution in [2.24, 2.45) is 7.05 Å². The second-order valence-electron chi connectivity index (χ2n) is 6.56. The third kappa shape index (κ3) is 3.79. The molecule has 0 saturated heterocycles. The smallest absolute Gasteiger partial charge is 0.232 e. The first-order valence-corrected chi connectivity index (χ1v) is 10.7. The van der Waals surface area contributed by atoms with E-state index >= 15 is 0 Å². The highest BCUT2D eigenvalue weighted by molar-refractivity contribution is 7.91. The van der Waals surface area contributed by atoms with Gasteiger partial charge in [0.1, 0.15) is 5.75 Å². The summed E-state index contributed by atoms with van der Waals surface area (Å²) in [5.41, 5.74) is 2.45. The van der Waals surface area contributed by atoms with Gasteiger partial charge in [-0.15, -0.1) is 0 Å². The van der Waals surface area contributed by atoms with E-state index in [2.05, 4.69) is 10.3 Å². The molecular weight excluding hydrogens is 422 g/mol. The van der Waals surface area contributed by atoms with Crippen LogP contribution in [0.1, 0.15) is 0 Å². The number of aryl methyl sites for hydroxylation is 1. The van der Waals surface area contributed by atoms with Crippen molar-refractivity contribution in [3.8, 4) is 11.6 Å². The summed E-state index contributed by atoms with van der Waals surface area (Å²) in [6, 6.07) is 16.5. The van der Waals surface area contributed by atoms with Gasteiger partial charge >= 0.3 is 0 Å². The number of halogens is 1. The summed E-state index contributed by atoms with van der Waals surface area (Å²) in [7, 11) is 5.04. The number of nitrogens with one attached hydrogen (secondary N) is 1. The number of fused-ring (bicyclic) bond motifs is 1. The van der Waals surface area contributed by atoms with Crippen LogP contribution in [0, 0.1) is 0 Å². The average Bonchev–Trinajstić information content (AvgIpc) is 3.14. The first kappa shape index (κ1) is 20.4. The Morgan fingerprint density at radius 2 is 1.80 bits per heavy atom. The van der Waals surface area contributed by atoms with Crippen molar-refractivity contribution in [1.29, 1.82) is 0 Å². The van der Waals surface area contributed by atoms with Gasteiger partial charge in [0.25, 0.3) is 0 Å². The van der Waals surface area contributed by atoms with Crippen LogP contribution < -0.4 is 14.8 Å². The molecule has 154 valence electrons. The van der Waals surface area contributed by atoms with E-state index in [9.17, 15) is 4.55 Å². The highest BCUT2D eigenvalue weighted by Crippen LogP contribution is 2.36. The van der Waals surface area contributed by atoms with Crippen LogP contribution in [-0.2, 0) is 18.2 Å². The molecule has 1 N–H and O–H groups in total. The van der Waals surface area contributed by atoms with Crippen LogP contribution in [0.3, 0.4) is 0 Å². The zero-order chi connectivity index (χ0) is 21.3. The van der Waals surface area contributed by atoms with Crippen molar-refractivity contribution in [1.82, 2.24) is 9.55 Å².